The maximum Gasteiger partial charge on any atom is 0.0947 e. The molecule has 102 valence electrons. The SMILES string of the molecule is c1cc(CNCCN(Cc2ccsc2)C2CC2)co1. The third kappa shape index (κ3) is 3.93. The first-order valence-corrected chi connectivity index (χ1v) is 7.83. The molecule has 19 heavy (non-hydrogen) atoms. The van der Waals surface area contributed by atoms with E-state index in [0.717, 1.165) is 32.2 Å². The van der Waals surface area contributed by atoms with Crippen LogP contribution >= 0.6 is 11.3 Å². The maximum atomic E-state index is 5.06. The van der Waals surface area contributed by atoms with Gasteiger partial charge in [0, 0.05) is 37.8 Å². The highest BCUT2D eigenvalue weighted by Crippen LogP contribution is 2.28. The Labute approximate surface area is 118 Å². The van der Waals surface area contributed by atoms with Crippen molar-refractivity contribution >= 4 is 11.3 Å². The Morgan fingerprint density at radius 3 is 2.95 bits per heavy atom. The van der Waals surface area contributed by atoms with Gasteiger partial charge in [0.25, 0.3) is 0 Å². The Morgan fingerprint density at radius 2 is 2.26 bits per heavy atom. The highest BCUT2D eigenvalue weighted by molar-refractivity contribution is 7.07. The van der Waals surface area contributed by atoms with E-state index < -0.39 is 0 Å². The molecule has 1 saturated carbocycles. The van der Waals surface area contributed by atoms with E-state index in [1.807, 2.05) is 6.07 Å². The molecule has 0 radical (unpaired) electrons. The highest BCUT2D eigenvalue weighted by atomic mass is 32.1. The highest BCUT2D eigenvalue weighted by Gasteiger charge is 2.28. The van der Waals surface area contributed by atoms with Gasteiger partial charge in [-0.3, -0.25) is 4.90 Å². The second-order valence-electron chi connectivity index (χ2n) is 5.14. The van der Waals surface area contributed by atoms with Crippen molar-refractivity contribution in [3.8, 4) is 0 Å². The van der Waals surface area contributed by atoms with Crippen LogP contribution in [0, 0.1) is 0 Å². The molecule has 3 nitrogen and oxygen atoms in total. The number of nitrogens with zero attached hydrogens (tertiary/aromatic N) is 1. The smallest absolute Gasteiger partial charge is 0.0947 e. The summed E-state index contributed by atoms with van der Waals surface area (Å²) >= 11 is 1.79. The number of furan rings is 1. The summed E-state index contributed by atoms with van der Waals surface area (Å²) in [5, 5.41) is 7.90. The minimum Gasteiger partial charge on any atom is -0.472 e. The molecule has 1 N–H and O–H groups in total. The molecule has 3 rings (SSSR count). The van der Waals surface area contributed by atoms with Gasteiger partial charge in [0.2, 0.25) is 0 Å². The molecule has 0 spiro atoms. The van der Waals surface area contributed by atoms with Crippen molar-refractivity contribution in [2.24, 2.45) is 0 Å². The molecule has 0 aliphatic heterocycles. The number of hydrogen-bond acceptors (Lipinski definition) is 4. The monoisotopic (exact) mass is 276 g/mol. The molecule has 1 aliphatic carbocycles. The van der Waals surface area contributed by atoms with Crippen LogP contribution in [-0.2, 0) is 13.1 Å². The summed E-state index contributed by atoms with van der Waals surface area (Å²) in [7, 11) is 0. The molecule has 0 atom stereocenters. The van der Waals surface area contributed by atoms with E-state index in [1.165, 1.54) is 24.0 Å². The van der Waals surface area contributed by atoms with Gasteiger partial charge in [-0.2, -0.15) is 11.3 Å². The number of hydrogen-bond donors (Lipinski definition) is 1. The summed E-state index contributed by atoms with van der Waals surface area (Å²) in [6.45, 7) is 4.15. The Bertz CT molecular complexity index is 462. The lowest BCUT2D eigenvalue weighted by Gasteiger charge is -2.21. The zero-order valence-corrected chi connectivity index (χ0v) is 11.9. The standard InChI is InChI=1S/C15H20N2OS/c1-2-15(1)17(10-14-4-8-19-12-14)6-5-16-9-13-3-7-18-11-13/h3-4,7-8,11-12,15-16H,1-2,5-6,9-10H2. The van der Waals surface area contributed by atoms with Crippen LogP contribution in [0.4, 0.5) is 0 Å². The van der Waals surface area contributed by atoms with Crippen molar-refractivity contribution in [1.82, 2.24) is 10.2 Å². The molecule has 1 aliphatic rings. The van der Waals surface area contributed by atoms with E-state index in [-0.39, 0.29) is 0 Å². The van der Waals surface area contributed by atoms with Crippen LogP contribution < -0.4 is 5.32 Å². The predicted octanol–water partition coefficient (Wildman–Crippen LogP) is 3.10. The van der Waals surface area contributed by atoms with Crippen LogP contribution in [0.2, 0.25) is 0 Å². The Morgan fingerprint density at radius 1 is 1.32 bits per heavy atom. The quantitative estimate of drug-likeness (QED) is 0.751. The zero-order valence-electron chi connectivity index (χ0n) is 11.0. The van der Waals surface area contributed by atoms with Gasteiger partial charge < -0.3 is 9.73 Å². The molecule has 2 aromatic rings. The number of thiophene rings is 1. The second kappa shape index (κ2) is 6.37. The molecular weight excluding hydrogens is 256 g/mol. The molecule has 1 fully saturated rings. The fourth-order valence-electron chi connectivity index (χ4n) is 2.30. The predicted molar refractivity (Wildman–Crippen MR) is 78.2 cm³/mol. The molecule has 2 aromatic heterocycles. The second-order valence-corrected chi connectivity index (χ2v) is 5.92. The molecule has 0 saturated heterocycles. The van der Waals surface area contributed by atoms with Crippen LogP contribution in [-0.4, -0.2) is 24.0 Å². The normalized spacial score (nSPS) is 15.2. The Balaban J connectivity index is 1.41. The fraction of sp³-hybridized carbons (Fsp3) is 0.467. The van der Waals surface area contributed by atoms with Crippen LogP contribution in [0.25, 0.3) is 0 Å². The van der Waals surface area contributed by atoms with Gasteiger partial charge in [-0.25, -0.2) is 0 Å². The van der Waals surface area contributed by atoms with Gasteiger partial charge >= 0.3 is 0 Å². The minimum atomic E-state index is 0.815. The molecule has 2 heterocycles. The fourth-order valence-corrected chi connectivity index (χ4v) is 2.96. The molecule has 4 heteroatoms. The zero-order chi connectivity index (χ0) is 12.9. The maximum absolute atomic E-state index is 5.06. The lowest BCUT2D eigenvalue weighted by Crippen LogP contribution is -2.33. The van der Waals surface area contributed by atoms with Crippen LogP contribution in [0.5, 0.6) is 0 Å². The first-order chi connectivity index (χ1) is 9.42. The summed E-state index contributed by atoms with van der Waals surface area (Å²) < 4.78 is 5.06. The summed E-state index contributed by atoms with van der Waals surface area (Å²) in [5.74, 6) is 0. The van der Waals surface area contributed by atoms with Crippen molar-refractivity contribution in [3.05, 3.63) is 46.5 Å². The van der Waals surface area contributed by atoms with E-state index >= 15 is 0 Å². The van der Waals surface area contributed by atoms with Gasteiger partial charge in [-0.1, -0.05) is 0 Å². The average molecular weight is 276 g/mol. The van der Waals surface area contributed by atoms with Gasteiger partial charge in [0.05, 0.1) is 12.5 Å². The van der Waals surface area contributed by atoms with Crippen molar-refractivity contribution in [3.63, 3.8) is 0 Å². The molecule has 0 unspecified atom stereocenters. The summed E-state index contributed by atoms with van der Waals surface area (Å²) in [6, 6.07) is 5.06. The van der Waals surface area contributed by atoms with E-state index in [4.69, 9.17) is 4.42 Å². The van der Waals surface area contributed by atoms with Crippen molar-refractivity contribution in [2.75, 3.05) is 13.1 Å². The Hall–Kier alpha value is -1.10. The van der Waals surface area contributed by atoms with Crippen molar-refractivity contribution < 1.29 is 4.42 Å². The van der Waals surface area contributed by atoms with E-state index in [9.17, 15) is 0 Å². The number of nitrogens with one attached hydrogen (secondary N) is 1. The summed E-state index contributed by atoms with van der Waals surface area (Å²) in [4.78, 5) is 2.60. The summed E-state index contributed by atoms with van der Waals surface area (Å²) in [5.41, 5.74) is 2.67. The van der Waals surface area contributed by atoms with Crippen LogP contribution in [0.3, 0.4) is 0 Å². The topological polar surface area (TPSA) is 28.4 Å². The van der Waals surface area contributed by atoms with Gasteiger partial charge in [0.1, 0.15) is 0 Å². The largest absolute Gasteiger partial charge is 0.472 e. The van der Waals surface area contributed by atoms with Crippen LogP contribution in [0.15, 0.2) is 39.8 Å². The molecular formula is C15H20N2OS. The molecule has 0 aromatic carbocycles. The lowest BCUT2D eigenvalue weighted by atomic mass is 10.3. The average Bonchev–Trinajstić information content (AvgIpc) is 2.92. The van der Waals surface area contributed by atoms with Gasteiger partial charge in [-0.05, 0) is 41.3 Å². The Kier molecular flexibility index (Phi) is 4.33. The van der Waals surface area contributed by atoms with Gasteiger partial charge in [0.15, 0.2) is 0 Å². The third-order valence-corrected chi connectivity index (χ3v) is 4.25. The molecule has 0 amide bonds. The number of rotatable bonds is 8. The lowest BCUT2D eigenvalue weighted by molar-refractivity contribution is 0.254. The molecule has 0 bridgehead atoms. The van der Waals surface area contributed by atoms with Crippen molar-refractivity contribution in [1.29, 1.82) is 0 Å². The van der Waals surface area contributed by atoms with E-state index in [2.05, 4.69) is 27.0 Å². The minimum absolute atomic E-state index is 0.815. The van der Waals surface area contributed by atoms with Crippen LogP contribution in [0.1, 0.15) is 24.0 Å². The van der Waals surface area contributed by atoms with E-state index in [0.29, 0.717) is 0 Å². The summed E-state index contributed by atoms with van der Waals surface area (Å²) in [6.07, 6.45) is 6.26. The van der Waals surface area contributed by atoms with E-state index in [1.54, 1.807) is 23.9 Å². The first kappa shape index (κ1) is 12.9. The van der Waals surface area contributed by atoms with Gasteiger partial charge in [-0.15, -0.1) is 0 Å². The van der Waals surface area contributed by atoms with Crippen molar-refractivity contribution in [2.45, 2.75) is 32.0 Å². The third-order valence-electron chi connectivity index (χ3n) is 3.51. The first-order valence-electron chi connectivity index (χ1n) is 6.89.